The van der Waals surface area contributed by atoms with E-state index in [0.29, 0.717) is 31.6 Å². The molecule has 0 atom stereocenters. The predicted octanol–water partition coefficient (Wildman–Crippen LogP) is 2.78. The van der Waals surface area contributed by atoms with Gasteiger partial charge in [-0.1, -0.05) is 43.3 Å². The lowest BCUT2D eigenvalue weighted by Crippen LogP contribution is -2.59. The van der Waals surface area contributed by atoms with Crippen LogP contribution in [0.4, 0.5) is 10.5 Å². The van der Waals surface area contributed by atoms with Crippen molar-refractivity contribution in [1.29, 1.82) is 0 Å². The Kier molecular flexibility index (Phi) is 8.65. The molecule has 0 saturated carbocycles. The molecule has 0 spiro atoms. The minimum atomic E-state index is -0.755. The molecule has 3 amide bonds. The van der Waals surface area contributed by atoms with Gasteiger partial charge in [-0.25, -0.2) is 4.79 Å². The van der Waals surface area contributed by atoms with Crippen molar-refractivity contribution in [2.24, 2.45) is 5.73 Å². The van der Waals surface area contributed by atoms with Crippen LogP contribution in [-0.4, -0.2) is 54.6 Å². The molecule has 1 fully saturated rings. The van der Waals surface area contributed by atoms with Gasteiger partial charge in [0.1, 0.15) is 6.61 Å². The number of ether oxygens (including phenoxy) is 1. The van der Waals surface area contributed by atoms with Crippen molar-refractivity contribution in [1.82, 2.24) is 10.2 Å². The Morgan fingerprint density at radius 2 is 1.74 bits per heavy atom. The van der Waals surface area contributed by atoms with Gasteiger partial charge in [0.05, 0.1) is 18.5 Å². The van der Waals surface area contributed by atoms with Gasteiger partial charge in [0.15, 0.2) is 0 Å². The van der Waals surface area contributed by atoms with Gasteiger partial charge < -0.3 is 20.7 Å². The summed E-state index contributed by atoms with van der Waals surface area (Å²) in [5.74, 6) is -0.277. The van der Waals surface area contributed by atoms with Gasteiger partial charge in [-0.2, -0.15) is 0 Å². The molecular weight excluding hydrogens is 432 g/mol. The summed E-state index contributed by atoms with van der Waals surface area (Å²) >= 11 is 0. The second-order valence-electron chi connectivity index (χ2n) is 8.77. The highest BCUT2D eigenvalue weighted by Crippen LogP contribution is 2.24. The minimum Gasteiger partial charge on any atom is -0.447 e. The predicted molar refractivity (Wildman–Crippen MR) is 131 cm³/mol. The average Bonchev–Trinajstić information content (AvgIpc) is 2.85. The number of anilines is 1. The first-order valence-electron chi connectivity index (χ1n) is 11.7. The number of carbonyl (C=O) groups is 3. The number of carbonyl (C=O) groups excluding carboxylic acids is 3. The maximum absolute atomic E-state index is 12.9. The highest BCUT2D eigenvalue weighted by molar-refractivity contribution is 5.85. The molecule has 1 aliphatic heterocycles. The zero-order valence-corrected chi connectivity index (χ0v) is 19.9. The molecule has 1 heterocycles. The number of nitrogens with one attached hydrogen (secondary N) is 2. The number of nitrogens with two attached hydrogens (primary N) is 1. The molecule has 1 aliphatic rings. The fraction of sp³-hybridized carbons (Fsp3) is 0.423. The number of hydrogen-bond acceptors (Lipinski definition) is 5. The molecule has 4 N–H and O–H groups in total. The summed E-state index contributed by atoms with van der Waals surface area (Å²) in [5.41, 5.74) is 8.55. The Morgan fingerprint density at radius 3 is 2.35 bits per heavy atom. The Bertz CT molecular complexity index is 998. The number of likely N-dealkylation sites (tertiary alicyclic amines) is 1. The molecule has 182 valence electrons. The van der Waals surface area contributed by atoms with Gasteiger partial charge in [0, 0.05) is 18.8 Å². The molecule has 3 rings (SSSR count). The highest BCUT2D eigenvalue weighted by Gasteiger charge is 2.38. The molecule has 0 unspecified atom stereocenters. The maximum atomic E-state index is 12.9. The molecule has 34 heavy (non-hydrogen) atoms. The van der Waals surface area contributed by atoms with Crippen LogP contribution >= 0.6 is 0 Å². The van der Waals surface area contributed by atoms with Crippen LogP contribution in [0.5, 0.6) is 0 Å². The lowest BCUT2D eigenvalue weighted by molar-refractivity contribution is -0.132. The van der Waals surface area contributed by atoms with E-state index in [0.717, 1.165) is 17.5 Å². The fourth-order valence-electron chi connectivity index (χ4n) is 4.12. The van der Waals surface area contributed by atoms with Crippen molar-refractivity contribution in [2.75, 3.05) is 31.6 Å². The number of benzene rings is 2. The molecule has 2 aromatic rings. The summed E-state index contributed by atoms with van der Waals surface area (Å²) in [6.07, 6.45) is 1.50. The Balaban J connectivity index is 1.65. The van der Waals surface area contributed by atoms with E-state index < -0.39 is 11.6 Å². The number of hydrogen-bond donors (Lipinski definition) is 3. The molecule has 1 saturated heterocycles. The zero-order chi connectivity index (χ0) is 24.6. The van der Waals surface area contributed by atoms with Crippen LogP contribution in [0.25, 0.3) is 0 Å². The summed E-state index contributed by atoms with van der Waals surface area (Å²) in [6, 6.07) is 15.3. The maximum Gasteiger partial charge on any atom is 0.411 e. The summed E-state index contributed by atoms with van der Waals surface area (Å²) in [4.78, 5) is 39.1. The SMILES string of the molecule is CCc1ccc(NC(=O)OCC2(NC(=O)Cc3ccccc3C)CCN(C(=O)CN)CC2)cc1. The Hall–Kier alpha value is -3.39. The van der Waals surface area contributed by atoms with Crippen molar-refractivity contribution in [3.05, 3.63) is 65.2 Å². The lowest BCUT2D eigenvalue weighted by atomic mass is 9.87. The molecule has 0 aliphatic carbocycles. The molecular formula is C26H34N4O4. The summed E-state index contributed by atoms with van der Waals surface area (Å²) in [6.45, 7) is 4.86. The monoisotopic (exact) mass is 466 g/mol. The number of aryl methyl sites for hydroxylation is 2. The van der Waals surface area contributed by atoms with E-state index in [9.17, 15) is 14.4 Å². The van der Waals surface area contributed by atoms with Gasteiger partial charge >= 0.3 is 6.09 Å². The standard InChI is InChI=1S/C26H34N4O4/c1-3-20-8-10-22(11-9-20)28-25(33)34-18-26(12-14-30(15-13-26)24(32)17-27)29-23(31)16-21-7-5-4-6-19(21)2/h4-11H,3,12-18,27H2,1-2H3,(H,28,33)(H,29,31). The van der Waals surface area contributed by atoms with E-state index in [1.54, 1.807) is 4.90 Å². The smallest absolute Gasteiger partial charge is 0.411 e. The molecule has 8 heteroatoms. The van der Waals surface area contributed by atoms with Crippen LogP contribution in [0.2, 0.25) is 0 Å². The zero-order valence-electron chi connectivity index (χ0n) is 19.9. The van der Waals surface area contributed by atoms with Crippen molar-refractivity contribution < 1.29 is 19.1 Å². The van der Waals surface area contributed by atoms with E-state index in [4.69, 9.17) is 10.5 Å². The molecule has 0 bridgehead atoms. The van der Waals surface area contributed by atoms with Crippen LogP contribution in [0, 0.1) is 6.92 Å². The molecule has 0 aromatic heterocycles. The summed E-state index contributed by atoms with van der Waals surface area (Å²) in [5, 5.41) is 5.84. The van der Waals surface area contributed by atoms with E-state index in [1.165, 1.54) is 5.56 Å². The van der Waals surface area contributed by atoms with Crippen molar-refractivity contribution in [3.63, 3.8) is 0 Å². The minimum absolute atomic E-state index is 0.00996. The largest absolute Gasteiger partial charge is 0.447 e. The van der Waals surface area contributed by atoms with Crippen molar-refractivity contribution >= 4 is 23.6 Å². The van der Waals surface area contributed by atoms with Gasteiger partial charge in [-0.3, -0.25) is 14.9 Å². The lowest BCUT2D eigenvalue weighted by Gasteiger charge is -2.41. The first-order chi connectivity index (χ1) is 16.3. The third-order valence-electron chi connectivity index (χ3n) is 6.35. The van der Waals surface area contributed by atoms with Gasteiger partial charge in [0.25, 0.3) is 0 Å². The first-order valence-corrected chi connectivity index (χ1v) is 11.7. The summed E-state index contributed by atoms with van der Waals surface area (Å²) < 4.78 is 5.55. The quantitative estimate of drug-likeness (QED) is 0.554. The van der Waals surface area contributed by atoms with Crippen molar-refractivity contribution in [3.8, 4) is 0 Å². The second kappa shape index (κ2) is 11.7. The second-order valence-corrected chi connectivity index (χ2v) is 8.77. The normalized spacial score (nSPS) is 14.9. The van der Waals surface area contributed by atoms with Crippen LogP contribution in [0.3, 0.4) is 0 Å². The number of nitrogens with zero attached hydrogens (tertiary/aromatic N) is 1. The Morgan fingerprint density at radius 1 is 1.06 bits per heavy atom. The number of amides is 3. The van der Waals surface area contributed by atoms with Crippen molar-refractivity contribution in [2.45, 2.75) is 45.1 Å². The number of piperidine rings is 1. The van der Waals surface area contributed by atoms with E-state index in [2.05, 4.69) is 17.6 Å². The number of rotatable bonds is 8. The van der Waals surface area contributed by atoms with Crippen LogP contribution in [0.15, 0.2) is 48.5 Å². The van der Waals surface area contributed by atoms with Crippen LogP contribution in [0.1, 0.15) is 36.5 Å². The van der Waals surface area contributed by atoms with E-state index in [1.807, 2.05) is 55.5 Å². The first kappa shape index (κ1) is 25.2. The van der Waals surface area contributed by atoms with E-state index in [-0.39, 0.29) is 31.4 Å². The topological polar surface area (TPSA) is 114 Å². The van der Waals surface area contributed by atoms with E-state index >= 15 is 0 Å². The van der Waals surface area contributed by atoms with Gasteiger partial charge in [0.2, 0.25) is 11.8 Å². The van der Waals surface area contributed by atoms with Crippen LogP contribution < -0.4 is 16.4 Å². The van der Waals surface area contributed by atoms with Crippen LogP contribution in [-0.2, 0) is 27.2 Å². The molecule has 2 aromatic carbocycles. The molecule has 8 nitrogen and oxygen atoms in total. The molecule has 0 radical (unpaired) electrons. The third-order valence-corrected chi connectivity index (χ3v) is 6.35. The van der Waals surface area contributed by atoms with Gasteiger partial charge in [-0.05, 0) is 55.0 Å². The fourth-order valence-corrected chi connectivity index (χ4v) is 4.12. The third kappa shape index (κ3) is 6.81. The Labute approximate surface area is 200 Å². The van der Waals surface area contributed by atoms with Gasteiger partial charge in [-0.15, -0.1) is 0 Å². The highest BCUT2D eigenvalue weighted by atomic mass is 16.5. The summed E-state index contributed by atoms with van der Waals surface area (Å²) in [7, 11) is 0. The average molecular weight is 467 g/mol.